The molecule has 8 heteroatoms. The predicted octanol–water partition coefficient (Wildman–Crippen LogP) is 5.94. The molecule has 0 aromatic heterocycles. The fourth-order valence-electron chi connectivity index (χ4n) is 4.36. The number of rotatable bonds is 7. The van der Waals surface area contributed by atoms with Crippen LogP contribution in [0.1, 0.15) is 25.7 Å². The molecule has 0 radical (unpaired) electrons. The Bertz CT molecular complexity index is 1320. The third kappa shape index (κ3) is 5.04. The Balaban J connectivity index is 1.39. The maximum absolute atomic E-state index is 13.4. The molecule has 182 valence electrons. The molecule has 1 saturated carbocycles. The Labute approximate surface area is 212 Å². The number of halogens is 1. The largest absolute Gasteiger partial charge is 0.350 e. The molecule has 3 amide bonds. The van der Waals surface area contributed by atoms with Crippen LogP contribution in [0.5, 0.6) is 0 Å². The number of carbonyl (C=O) groups excluding carboxylic acids is 3. The third-order valence-corrected chi connectivity index (χ3v) is 7.33. The van der Waals surface area contributed by atoms with E-state index in [0.29, 0.717) is 17.1 Å². The molecule has 2 aliphatic rings. The molecule has 6 nitrogen and oxygen atoms in total. The molecule has 1 fully saturated rings. The van der Waals surface area contributed by atoms with Crippen molar-refractivity contribution in [1.82, 2.24) is 0 Å². The zero-order valence-electron chi connectivity index (χ0n) is 19.4. The van der Waals surface area contributed by atoms with Gasteiger partial charge in [-0.3, -0.25) is 14.4 Å². The lowest BCUT2D eigenvalue weighted by Crippen LogP contribution is -2.32. The van der Waals surface area contributed by atoms with E-state index in [0.717, 1.165) is 47.2 Å². The zero-order valence-corrected chi connectivity index (χ0v) is 20.2. The minimum Gasteiger partial charge on any atom is -0.350 e. The van der Waals surface area contributed by atoms with Gasteiger partial charge >= 0.3 is 0 Å². The summed E-state index contributed by atoms with van der Waals surface area (Å²) >= 11 is 1.16. The van der Waals surface area contributed by atoms with Crippen LogP contribution in [0.2, 0.25) is 0 Å². The summed E-state index contributed by atoms with van der Waals surface area (Å²) in [6.07, 6.45) is 4.02. The number of para-hydroxylation sites is 1. The number of hydrogen-bond acceptors (Lipinski definition) is 5. The molecule has 5 rings (SSSR count). The first-order chi connectivity index (χ1) is 17.5. The minimum atomic E-state index is -0.488. The smallest absolute Gasteiger partial charge is 0.283 e. The first kappa shape index (κ1) is 23.8. The van der Waals surface area contributed by atoms with Gasteiger partial charge in [0.25, 0.3) is 11.8 Å². The van der Waals surface area contributed by atoms with E-state index in [1.54, 1.807) is 48.5 Å². The van der Waals surface area contributed by atoms with Gasteiger partial charge in [0.2, 0.25) is 5.91 Å². The molecular formula is C28H24FN3O3S. The van der Waals surface area contributed by atoms with E-state index in [1.165, 1.54) is 24.3 Å². The highest BCUT2D eigenvalue weighted by atomic mass is 32.2. The van der Waals surface area contributed by atoms with Gasteiger partial charge in [0.15, 0.2) is 0 Å². The minimum absolute atomic E-state index is 0.0384. The van der Waals surface area contributed by atoms with Gasteiger partial charge in [-0.2, -0.15) is 0 Å². The standard InChI is InChI=1S/C28H24FN3O3S/c29-19-10-12-20(13-11-19)30-24-25(28(35)32(27(24)34)22-8-2-1-3-9-22)36-23-16-14-21(15-17-23)31-26(33)18-6-4-5-7-18/h1-3,8-18,30H,4-7H2,(H,31,33). The summed E-state index contributed by atoms with van der Waals surface area (Å²) in [7, 11) is 0. The number of benzene rings is 3. The number of nitrogens with zero attached hydrogens (tertiary/aromatic N) is 1. The Hall–Kier alpha value is -3.91. The summed E-state index contributed by atoms with van der Waals surface area (Å²) in [5.41, 5.74) is 1.77. The molecule has 3 aromatic rings. The molecule has 0 unspecified atom stereocenters. The van der Waals surface area contributed by atoms with Crippen LogP contribution >= 0.6 is 11.8 Å². The van der Waals surface area contributed by atoms with Crippen molar-refractivity contribution >= 4 is 46.5 Å². The van der Waals surface area contributed by atoms with E-state index < -0.39 is 17.6 Å². The van der Waals surface area contributed by atoms with Gasteiger partial charge in [0, 0.05) is 22.2 Å². The van der Waals surface area contributed by atoms with Gasteiger partial charge in [0.05, 0.1) is 5.69 Å². The second-order valence-corrected chi connectivity index (χ2v) is 9.80. The molecule has 3 aromatic carbocycles. The number of nitrogens with one attached hydrogen (secondary N) is 2. The summed E-state index contributed by atoms with van der Waals surface area (Å²) in [5, 5.41) is 5.97. The van der Waals surface area contributed by atoms with Gasteiger partial charge in [-0.1, -0.05) is 42.8 Å². The van der Waals surface area contributed by atoms with Gasteiger partial charge < -0.3 is 10.6 Å². The molecule has 0 bridgehead atoms. The third-order valence-electron chi connectivity index (χ3n) is 6.24. The highest BCUT2D eigenvalue weighted by molar-refractivity contribution is 8.04. The van der Waals surface area contributed by atoms with Crippen LogP contribution in [0.15, 0.2) is 94.4 Å². The van der Waals surface area contributed by atoms with Crippen LogP contribution in [0.25, 0.3) is 0 Å². The molecule has 0 atom stereocenters. The first-order valence-corrected chi connectivity index (χ1v) is 12.6. The monoisotopic (exact) mass is 501 g/mol. The molecule has 0 spiro atoms. The Kier molecular flexibility index (Phi) is 6.86. The second kappa shape index (κ2) is 10.4. The number of thioether (sulfide) groups is 1. The van der Waals surface area contributed by atoms with E-state index in [2.05, 4.69) is 10.6 Å². The van der Waals surface area contributed by atoms with Crippen LogP contribution in [0.3, 0.4) is 0 Å². The van der Waals surface area contributed by atoms with Crippen molar-refractivity contribution in [3.8, 4) is 0 Å². The topological polar surface area (TPSA) is 78.5 Å². The molecule has 1 aliphatic carbocycles. The zero-order chi connectivity index (χ0) is 25.1. The molecule has 1 aliphatic heterocycles. The predicted molar refractivity (Wildman–Crippen MR) is 139 cm³/mol. The van der Waals surface area contributed by atoms with Crippen LogP contribution in [0.4, 0.5) is 21.5 Å². The summed E-state index contributed by atoms with van der Waals surface area (Å²) in [5.74, 6) is -1.23. The van der Waals surface area contributed by atoms with E-state index in [9.17, 15) is 18.8 Å². The summed E-state index contributed by atoms with van der Waals surface area (Å²) in [4.78, 5) is 41.3. The first-order valence-electron chi connectivity index (χ1n) is 11.8. The molecule has 0 saturated heterocycles. The van der Waals surface area contributed by atoms with Gasteiger partial charge in [-0.15, -0.1) is 0 Å². The van der Waals surface area contributed by atoms with Crippen molar-refractivity contribution in [2.24, 2.45) is 5.92 Å². The highest BCUT2D eigenvalue weighted by Crippen LogP contribution is 2.38. The fraction of sp³-hybridized carbons (Fsp3) is 0.179. The lowest BCUT2D eigenvalue weighted by molar-refractivity contribution is -0.121. The van der Waals surface area contributed by atoms with E-state index >= 15 is 0 Å². The number of amides is 3. The van der Waals surface area contributed by atoms with Crippen molar-refractivity contribution in [2.75, 3.05) is 15.5 Å². The van der Waals surface area contributed by atoms with Crippen LogP contribution < -0.4 is 15.5 Å². The maximum atomic E-state index is 13.4. The van der Waals surface area contributed by atoms with Gasteiger partial charge in [0.1, 0.15) is 16.4 Å². The molecule has 2 N–H and O–H groups in total. The van der Waals surface area contributed by atoms with E-state index in [1.807, 2.05) is 6.07 Å². The number of imide groups is 1. The molecular weight excluding hydrogens is 477 g/mol. The average molecular weight is 502 g/mol. The number of anilines is 3. The summed E-state index contributed by atoms with van der Waals surface area (Å²) in [6.45, 7) is 0. The SMILES string of the molecule is O=C(Nc1ccc(SC2=C(Nc3ccc(F)cc3)C(=O)N(c3ccccc3)C2=O)cc1)C1CCCC1. The normalized spacial score (nSPS) is 16.1. The Morgan fingerprint density at radius 3 is 2.14 bits per heavy atom. The van der Waals surface area contributed by atoms with Crippen LogP contribution in [0, 0.1) is 11.7 Å². The van der Waals surface area contributed by atoms with Gasteiger partial charge in [-0.25, -0.2) is 9.29 Å². The highest BCUT2D eigenvalue weighted by Gasteiger charge is 2.40. The second-order valence-electron chi connectivity index (χ2n) is 8.71. The van der Waals surface area contributed by atoms with E-state index in [4.69, 9.17) is 0 Å². The Morgan fingerprint density at radius 2 is 1.47 bits per heavy atom. The van der Waals surface area contributed by atoms with Crippen molar-refractivity contribution in [3.63, 3.8) is 0 Å². The van der Waals surface area contributed by atoms with Gasteiger partial charge in [-0.05, 0) is 73.5 Å². The molecule has 1 heterocycles. The van der Waals surface area contributed by atoms with Crippen LogP contribution in [-0.4, -0.2) is 17.7 Å². The van der Waals surface area contributed by atoms with Crippen molar-refractivity contribution in [2.45, 2.75) is 30.6 Å². The molecule has 36 heavy (non-hydrogen) atoms. The average Bonchev–Trinajstić information content (AvgIpc) is 3.51. The van der Waals surface area contributed by atoms with E-state index in [-0.39, 0.29) is 22.4 Å². The lowest BCUT2D eigenvalue weighted by Gasteiger charge is -2.15. The quantitative estimate of drug-likeness (QED) is 0.392. The fourth-order valence-corrected chi connectivity index (χ4v) is 5.29. The summed E-state index contributed by atoms with van der Waals surface area (Å²) < 4.78 is 13.4. The lowest BCUT2D eigenvalue weighted by atomic mass is 10.1. The Morgan fingerprint density at radius 1 is 0.833 bits per heavy atom. The maximum Gasteiger partial charge on any atom is 0.283 e. The number of carbonyl (C=O) groups is 3. The van der Waals surface area contributed by atoms with Crippen LogP contribution in [-0.2, 0) is 14.4 Å². The van der Waals surface area contributed by atoms with Crippen molar-refractivity contribution in [3.05, 3.63) is 95.3 Å². The summed E-state index contributed by atoms with van der Waals surface area (Å²) in [6, 6.07) is 21.5. The van der Waals surface area contributed by atoms with Crippen molar-refractivity contribution < 1.29 is 18.8 Å². The number of hydrogen-bond donors (Lipinski definition) is 2. The van der Waals surface area contributed by atoms with Crippen molar-refractivity contribution in [1.29, 1.82) is 0 Å².